The Kier molecular flexibility index (Phi) is 6.81. The van der Waals surface area contributed by atoms with Crippen LogP contribution in [0.3, 0.4) is 0 Å². The number of carboxylic acid groups (broad SMARTS) is 1. The van der Waals surface area contributed by atoms with Gasteiger partial charge >= 0.3 is 13.1 Å². The maximum absolute atomic E-state index is 11.6. The molecule has 1 aromatic heterocycles. The number of aryl methyl sites for hydroxylation is 1. The second kappa shape index (κ2) is 9.75. The molecule has 2 heterocycles. The van der Waals surface area contributed by atoms with Gasteiger partial charge in [-0.05, 0) is 56.2 Å². The molecule has 0 unspecified atom stereocenters. The van der Waals surface area contributed by atoms with Gasteiger partial charge in [-0.2, -0.15) is 15.4 Å². The molecule has 0 spiro atoms. The normalized spacial score (nSPS) is 19.7. The minimum absolute atomic E-state index is 0.154. The molecule has 4 rings (SSSR count). The van der Waals surface area contributed by atoms with Crippen LogP contribution in [0.5, 0.6) is 5.75 Å². The molecule has 2 aliphatic rings. The first-order chi connectivity index (χ1) is 15.5. The number of aromatic amines is 1. The molecule has 5 N–H and O–H groups in total. The van der Waals surface area contributed by atoms with Crippen LogP contribution in [0.15, 0.2) is 29.5 Å². The van der Waals surface area contributed by atoms with Crippen molar-refractivity contribution in [1.82, 2.24) is 20.7 Å². The minimum Gasteiger partial charge on any atom is -0.534 e. The lowest BCUT2D eigenvalue weighted by atomic mass is 9.71. The largest absolute Gasteiger partial charge is 0.549 e. The number of aromatic carboxylic acids is 1. The summed E-state index contributed by atoms with van der Waals surface area (Å²) in [5.41, 5.74) is 11.1. The summed E-state index contributed by atoms with van der Waals surface area (Å²) in [6.07, 6.45) is 4.99. The Morgan fingerprint density at radius 1 is 1.34 bits per heavy atom. The quantitative estimate of drug-likeness (QED) is 0.435. The predicted molar refractivity (Wildman–Crippen MR) is 120 cm³/mol. The number of allylic oxidation sites excluding steroid dienone is 2. The number of nitrogens with one attached hydrogen (secondary N) is 2. The number of fused-ring (bicyclic) bond motifs is 1. The standard InChI is InChI=1S/C22H30BN5O4/c1-13-9-15(10-13)18(12-19-17(7-4-8-24)26-28-27-19)25-20-11-14-5-3-6-16(22(29)30)21(14)32-23(20)31-2/h3,5-6,13,20,25H,4,7-12,24H2,1-2H3,(H,29,30)(H,26,27,28)/t13?,20-/m0/s1. The number of nitrogens with two attached hydrogens (primary N) is 1. The van der Waals surface area contributed by atoms with Gasteiger partial charge in [0.15, 0.2) is 0 Å². The van der Waals surface area contributed by atoms with Crippen LogP contribution in [0.1, 0.15) is 53.5 Å². The van der Waals surface area contributed by atoms with Crippen LogP contribution in [0.4, 0.5) is 0 Å². The fourth-order valence-electron chi connectivity index (χ4n) is 4.50. The molecular weight excluding hydrogens is 409 g/mol. The van der Waals surface area contributed by atoms with E-state index in [1.54, 1.807) is 19.2 Å². The summed E-state index contributed by atoms with van der Waals surface area (Å²) in [6, 6.07) is 5.21. The number of carboxylic acids is 1. The van der Waals surface area contributed by atoms with Gasteiger partial charge in [0.25, 0.3) is 0 Å². The highest BCUT2D eigenvalue weighted by molar-refractivity contribution is 6.48. The fraction of sp³-hybridized carbons (Fsp3) is 0.500. The summed E-state index contributed by atoms with van der Waals surface area (Å²) in [4.78, 5) is 11.6. The molecule has 1 aliphatic carbocycles. The van der Waals surface area contributed by atoms with E-state index in [0.717, 1.165) is 48.3 Å². The monoisotopic (exact) mass is 439 g/mol. The number of hydrogen-bond acceptors (Lipinski definition) is 7. The van der Waals surface area contributed by atoms with Crippen molar-refractivity contribution >= 4 is 13.1 Å². The first kappa shape index (κ1) is 22.4. The number of nitrogens with zero attached hydrogens (tertiary/aromatic N) is 2. The van der Waals surface area contributed by atoms with E-state index in [0.29, 0.717) is 31.1 Å². The molecule has 1 saturated carbocycles. The van der Waals surface area contributed by atoms with Crippen molar-refractivity contribution in [2.24, 2.45) is 11.7 Å². The maximum Gasteiger partial charge on any atom is 0.549 e. The highest BCUT2D eigenvalue weighted by Crippen LogP contribution is 2.36. The molecule has 9 nitrogen and oxygen atoms in total. The summed E-state index contributed by atoms with van der Waals surface area (Å²) in [5.74, 6) is -0.118. The third-order valence-corrected chi connectivity index (χ3v) is 6.20. The Morgan fingerprint density at radius 3 is 2.81 bits per heavy atom. The molecule has 0 bridgehead atoms. The molecule has 1 atom stereocenters. The number of benzene rings is 1. The Labute approximate surface area is 187 Å². The van der Waals surface area contributed by atoms with Crippen molar-refractivity contribution < 1.29 is 19.2 Å². The van der Waals surface area contributed by atoms with Crippen molar-refractivity contribution in [2.45, 2.75) is 51.4 Å². The van der Waals surface area contributed by atoms with E-state index in [1.807, 2.05) is 6.07 Å². The first-order valence-corrected chi connectivity index (χ1v) is 11.1. The first-order valence-electron chi connectivity index (χ1n) is 11.1. The molecule has 10 heteroatoms. The van der Waals surface area contributed by atoms with Gasteiger partial charge in [-0.15, -0.1) is 0 Å². The lowest BCUT2D eigenvalue weighted by Crippen LogP contribution is -2.52. The van der Waals surface area contributed by atoms with Crippen molar-refractivity contribution in [1.29, 1.82) is 0 Å². The predicted octanol–water partition coefficient (Wildman–Crippen LogP) is 1.89. The Morgan fingerprint density at radius 2 is 2.12 bits per heavy atom. The molecule has 1 fully saturated rings. The molecule has 1 aliphatic heterocycles. The third-order valence-electron chi connectivity index (χ3n) is 6.20. The highest BCUT2D eigenvalue weighted by atomic mass is 16.6. The van der Waals surface area contributed by atoms with Gasteiger partial charge in [0.1, 0.15) is 5.75 Å². The molecule has 170 valence electrons. The van der Waals surface area contributed by atoms with Gasteiger partial charge in [0, 0.05) is 19.2 Å². The average Bonchev–Trinajstić information content (AvgIpc) is 3.20. The van der Waals surface area contributed by atoms with E-state index in [1.165, 1.54) is 5.57 Å². The number of rotatable bonds is 9. The maximum atomic E-state index is 11.6. The summed E-state index contributed by atoms with van der Waals surface area (Å²) in [7, 11) is 0.972. The topological polar surface area (TPSA) is 135 Å². The van der Waals surface area contributed by atoms with Gasteiger partial charge in [0.2, 0.25) is 0 Å². The summed E-state index contributed by atoms with van der Waals surface area (Å²) >= 11 is 0. The average molecular weight is 439 g/mol. The van der Waals surface area contributed by atoms with Crippen LogP contribution in [0, 0.1) is 5.92 Å². The Balaban J connectivity index is 1.58. The van der Waals surface area contributed by atoms with Crippen molar-refractivity contribution in [2.75, 3.05) is 13.7 Å². The lowest BCUT2D eigenvalue weighted by Gasteiger charge is -2.35. The van der Waals surface area contributed by atoms with Crippen molar-refractivity contribution in [3.63, 3.8) is 0 Å². The molecule has 0 radical (unpaired) electrons. The number of hydrogen-bond donors (Lipinski definition) is 4. The van der Waals surface area contributed by atoms with Crippen LogP contribution in [0.2, 0.25) is 0 Å². The van der Waals surface area contributed by atoms with E-state index >= 15 is 0 Å². The molecule has 0 saturated heterocycles. The molecule has 2 aromatic rings. The number of para-hydroxylation sites is 1. The Hall–Kier alpha value is -2.85. The van der Waals surface area contributed by atoms with Gasteiger partial charge < -0.3 is 25.5 Å². The molecule has 0 amide bonds. The SMILES string of the molecule is COB1Oc2c(cccc2C(=O)O)C[C@@H]1NC(Cc1n[nH]nc1CCCN)=C1CC(C)C1. The van der Waals surface area contributed by atoms with E-state index in [-0.39, 0.29) is 11.5 Å². The summed E-state index contributed by atoms with van der Waals surface area (Å²) < 4.78 is 11.6. The van der Waals surface area contributed by atoms with E-state index in [4.69, 9.17) is 15.0 Å². The summed E-state index contributed by atoms with van der Waals surface area (Å²) in [5, 5.41) is 24.6. The smallest absolute Gasteiger partial charge is 0.534 e. The van der Waals surface area contributed by atoms with Crippen LogP contribution in [-0.4, -0.2) is 53.2 Å². The highest BCUT2D eigenvalue weighted by Gasteiger charge is 2.39. The van der Waals surface area contributed by atoms with Crippen LogP contribution in [0.25, 0.3) is 0 Å². The molecule has 32 heavy (non-hydrogen) atoms. The number of aromatic nitrogens is 3. The van der Waals surface area contributed by atoms with Gasteiger partial charge in [-0.3, -0.25) is 0 Å². The van der Waals surface area contributed by atoms with Crippen LogP contribution in [-0.2, 0) is 23.9 Å². The zero-order valence-corrected chi connectivity index (χ0v) is 18.6. The minimum atomic E-state index is -1.01. The second-order valence-electron chi connectivity index (χ2n) is 8.66. The number of carbonyl (C=O) groups is 1. The van der Waals surface area contributed by atoms with Gasteiger partial charge in [0.05, 0.1) is 22.9 Å². The van der Waals surface area contributed by atoms with Crippen LogP contribution >= 0.6 is 0 Å². The van der Waals surface area contributed by atoms with Crippen molar-refractivity contribution in [3.8, 4) is 5.75 Å². The lowest BCUT2D eigenvalue weighted by molar-refractivity contribution is 0.0694. The fourth-order valence-corrected chi connectivity index (χ4v) is 4.50. The molecule has 1 aromatic carbocycles. The summed E-state index contributed by atoms with van der Waals surface area (Å²) in [6.45, 7) is 2.86. The molecular formula is C22H30BN5O4. The number of H-pyrrole nitrogens is 1. The van der Waals surface area contributed by atoms with Gasteiger partial charge in [-0.25, -0.2) is 4.79 Å². The zero-order valence-electron chi connectivity index (χ0n) is 18.6. The van der Waals surface area contributed by atoms with E-state index < -0.39 is 13.1 Å². The van der Waals surface area contributed by atoms with E-state index in [9.17, 15) is 9.90 Å². The van der Waals surface area contributed by atoms with Crippen molar-refractivity contribution in [3.05, 3.63) is 52.0 Å². The Bertz CT molecular complexity index is 1000. The third kappa shape index (κ3) is 4.66. The zero-order chi connectivity index (χ0) is 22.7. The van der Waals surface area contributed by atoms with Crippen LogP contribution < -0.4 is 15.7 Å². The second-order valence-corrected chi connectivity index (χ2v) is 8.66. The van der Waals surface area contributed by atoms with E-state index in [2.05, 4.69) is 27.7 Å². The van der Waals surface area contributed by atoms with Gasteiger partial charge in [-0.1, -0.05) is 24.6 Å².